The van der Waals surface area contributed by atoms with E-state index in [1.54, 1.807) is 0 Å². The lowest BCUT2D eigenvalue weighted by Crippen LogP contribution is -2.64. The number of unbranched alkanes of at least 4 members (excludes halogenated alkanes) is 22. The highest BCUT2D eigenvalue weighted by atomic mass is 31.2. The van der Waals surface area contributed by atoms with E-state index >= 15 is 0 Å². The van der Waals surface area contributed by atoms with Gasteiger partial charge in [0, 0.05) is 13.0 Å². The van der Waals surface area contributed by atoms with Gasteiger partial charge in [-0.25, -0.2) is 4.57 Å². The predicted molar refractivity (Wildman–Crippen MR) is 239 cm³/mol. The summed E-state index contributed by atoms with van der Waals surface area (Å²) >= 11 is 0. The number of aliphatic hydroxyl groups is 5. The molecule has 0 radical (unpaired) electrons. The fourth-order valence-electron chi connectivity index (χ4n) is 7.14. The Morgan fingerprint density at radius 3 is 1.45 bits per heavy atom. The molecule has 0 aromatic heterocycles. The summed E-state index contributed by atoms with van der Waals surface area (Å²) in [4.78, 5) is 23.2. The molecule has 0 aliphatic heterocycles. The van der Waals surface area contributed by atoms with Gasteiger partial charge in [-0.1, -0.05) is 153 Å². The third kappa shape index (κ3) is 29.8. The number of ether oxygens (including phenoxy) is 2. The molecule has 60 heavy (non-hydrogen) atoms. The maximum Gasteiger partial charge on any atom is 0.472 e. The van der Waals surface area contributed by atoms with Gasteiger partial charge in [-0.05, 0) is 70.6 Å². The van der Waals surface area contributed by atoms with Crippen molar-refractivity contribution in [3.8, 4) is 0 Å². The molecule has 0 heterocycles. The quantitative estimate of drug-likeness (QED) is 0.0148. The van der Waals surface area contributed by atoms with Gasteiger partial charge in [-0.3, -0.25) is 13.8 Å². The van der Waals surface area contributed by atoms with Crippen LogP contribution in [0.2, 0.25) is 0 Å². The Balaban J connectivity index is 2.39. The van der Waals surface area contributed by atoms with Crippen LogP contribution in [0.25, 0.3) is 0 Å². The third-order valence-corrected chi connectivity index (χ3v) is 12.0. The number of allylic oxidation sites excluding steroid dienone is 6. The number of hydrogen-bond acceptors (Lipinski definition) is 11. The molecule has 6 N–H and O–H groups in total. The van der Waals surface area contributed by atoms with Crippen molar-refractivity contribution in [3.63, 3.8) is 0 Å². The molecular formula is C47H87O12P. The van der Waals surface area contributed by atoms with Crippen LogP contribution in [-0.4, -0.2) is 98.9 Å². The van der Waals surface area contributed by atoms with Gasteiger partial charge in [0.2, 0.25) is 0 Å². The average Bonchev–Trinajstić information content (AvgIpc) is 3.23. The van der Waals surface area contributed by atoms with Gasteiger partial charge in [-0.15, -0.1) is 0 Å². The summed E-state index contributed by atoms with van der Waals surface area (Å²) < 4.78 is 34.2. The van der Waals surface area contributed by atoms with Crippen LogP contribution >= 0.6 is 7.82 Å². The summed E-state index contributed by atoms with van der Waals surface area (Å²) in [5.41, 5.74) is 0. The van der Waals surface area contributed by atoms with E-state index in [0.29, 0.717) is 13.0 Å². The minimum atomic E-state index is -5.02. The number of aliphatic hydroxyl groups excluding tert-OH is 5. The van der Waals surface area contributed by atoms with Crippen LogP contribution in [-0.2, 0) is 27.9 Å². The van der Waals surface area contributed by atoms with Crippen molar-refractivity contribution < 1.29 is 58.3 Å². The summed E-state index contributed by atoms with van der Waals surface area (Å²) in [6.45, 7) is 4.21. The minimum Gasteiger partial charge on any atom is -0.457 e. The van der Waals surface area contributed by atoms with E-state index in [9.17, 15) is 39.8 Å². The Labute approximate surface area is 363 Å². The highest BCUT2D eigenvalue weighted by molar-refractivity contribution is 7.47. The number of esters is 1. The molecule has 0 saturated heterocycles. The number of hydrogen-bond donors (Lipinski definition) is 6. The lowest BCUT2D eigenvalue weighted by molar-refractivity contribution is -0.220. The summed E-state index contributed by atoms with van der Waals surface area (Å²) in [6.07, 6.45) is 32.1. The first-order chi connectivity index (χ1) is 29.0. The van der Waals surface area contributed by atoms with E-state index in [1.807, 2.05) is 0 Å². The van der Waals surface area contributed by atoms with E-state index in [2.05, 4.69) is 50.3 Å². The van der Waals surface area contributed by atoms with Gasteiger partial charge in [-0.2, -0.15) is 0 Å². The van der Waals surface area contributed by atoms with Gasteiger partial charge >= 0.3 is 13.8 Å². The summed E-state index contributed by atoms with van der Waals surface area (Å²) in [5, 5.41) is 50.2. The van der Waals surface area contributed by atoms with E-state index < -0.39 is 63.1 Å². The molecule has 0 bridgehead atoms. The third-order valence-electron chi connectivity index (χ3n) is 11.0. The zero-order chi connectivity index (χ0) is 44.1. The van der Waals surface area contributed by atoms with E-state index in [1.165, 1.54) is 89.9 Å². The highest BCUT2D eigenvalue weighted by Gasteiger charge is 2.51. The number of carbonyl (C=O) groups is 1. The van der Waals surface area contributed by atoms with Gasteiger partial charge in [0.15, 0.2) is 0 Å². The van der Waals surface area contributed by atoms with Crippen molar-refractivity contribution in [2.75, 3.05) is 19.8 Å². The second kappa shape index (κ2) is 38.1. The second-order valence-electron chi connectivity index (χ2n) is 16.6. The molecule has 12 nitrogen and oxygen atoms in total. The van der Waals surface area contributed by atoms with Gasteiger partial charge in [0.1, 0.15) is 42.7 Å². The SMILES string of the molecule is CCCCC/C=C\C/C=C\CCCCCCCCCCOCC(COP(=O)(O)OC1C(O)C(O)C(O)C(O)C1O)OC(=O)CCCCCCC/C=C\CCCCCCCC. The fraction of sp³-hybridized carbons (Fsp3) is 0.851. The number of phosphoric ester groups is 1. The molecule has 0 spiro atoms. The first-order valence-electron chi connectivity index (χ1n) is 23.8. The second-order valence-corrected chi connectivity index (χ2v) is 18.0. The zero-order valence-electron chi connectivity index (χ0n) is 37.5. The van der Waals surface area contributed by atoms with E-state index in [4.69, 9.17) is 18.5 Å². The Bertz CT molecular complexity index is 1130. The van der Waals surface area contributed by atoms with Crippen molar-refractivity contribution in [2.45, 2.75) is 236 Å². The molecule has 13 heteroatoms. The van der Waals surface area contributed by atoms with Crippen LogP contribution < -0.4 is 0 Å². The largest absolute Gasteiger partial charge is 0.472 e. The van der Waals surface area contributed by atoms with Crippen molar-refractivity contribution in [3.05, 3.63) is 36.5 Å². The van der Waals surface area contributed by atoms with Crippen LogP contribution in [0.4, 0.5) is 0 Å². The highest BCUT2D eigenvalue weighted by Crippen LogP contribution is 2.47. The molecule has 352 valence electrons. The zero-order valence-corrected chi connectivity index (χ0v) is 38.4. The molecule has 0 aromatic carbocycles. The fourth-order valence-corrected chi connectivity index (χ4v) is 8.12. The minimum absolute atomic E-state index is 0.0832. The normalized spacial score (nSPS) is 22.6. The number of carbonyl (C=O) groups excluding carboxylic acids is 1. The molecule has 0 aromatic rings. The van der Waals surface area contributed by atoms with Crippen molar-refractivity contribution in [2.24, 2.45) is 0 Å². The predicted octanol–water partition coefficient (Wildman–Crippen LogP) is 9.87. The van der Waals surface area contributed by atoms with Crippen molar-refractivity contribution in [1.29, 1.82) is 0 Å². The summed E-state index contributed by atoms with van der Waals surface area (Å²) in [5.74, 6) is -0.488. The van der Waals surface area contributed by atoms with Crippen LogP contribution in [0.3, 0.4) is 0 Å². The molecule has 1 aliphatic rings. The molecule has 1 saturated carbocycles. The Hall–Kier alpha value is -1.44. The Kier molecular flexibility index (Phi) is 35.9. The van der Waals surface area contributed by atoms with Crippen molar-refractivity contribution >= 4 is 13.8 Å². The summed E-state index contributed by atoms with van der Waals surface area (Å²) in [7, 11) is -5.02. The molecule has 0 amide bonds. The lowest BCUT2D eigenvalue weighted by Gasteiger charge is -2.41. The monoisotopic (exact) mass is 875 g/mol. The smallest absolute Gasteiger partial charge is 0.457 e. The molecule has 6 atom stereocenters. The van der Waals surface area contributed by atoms with Crippen LogP contribution in [0.15, 0.2) is 36.5 Å². The van der Waals surface area contributed by atoms with Gasteiger partial charge in [0.25, 0.3) is 0 Å². The van der Waals surface area contributed by atoms with Gasteiger partial charge in [0.05, 0.1) is 13.2 Å². The Morgan fingerprint density at radius 2 is 0.933 bits per heavy atom. The van der Waals surface area contributed by atoms with Gasteiger partial charge < -0.3 is 39.9 Å². The topological polar surface area (TPSA) is 192 Å². The molecule has 1 rings (SSSR count). The maximum atomic E-state index is 12.8. The van der Waals surface area contributed by atoms with E-state index in [-0.39, 0.29) is 13.0 Å². The lowest BCUT2D eigenvalue weighted by atomic mass is 9.85. The number of phosphoric acid groups is 1. The van der Waals surface area contributed by atoms with E-state index in [0.717, 1.165) is 77.0 Å². The summed E-state index contributed by atoms with van der Waals surface area (Å²) in [6, 6.07) is 0. The average molecular weight is 875 g/mol. The number of rotatable bonds is 40. The first-order valence-corrected chi connectivity index (χ1v) is 25.3. The van der Waals surface area contributed by atoms with Crippen LogP contribution in [0.5, 0.6) is 0 Å². The standard InChI is InChI=1S/C47H87O12P/c1-3-5-7-9-11-13-15-17-19-20-21-23-25-27-29-31-33-35-37-56-38-40(39-57-60(54,55)59-47-45(52)43(50)42(49)44(51)46(47)53)58-41(48)36-34-32-30-28-26-24-22-18-16-14-12-10-8-6-4-2/h11,13,17-19,22,40,42-47,49-53H,3-10,12,14-16,20-21,23-39H2,1-2H3,(H,54,55)/b13-11-,19-17-,22-18-. The van der Waals surface area contributed by atoms with Crippen molar-refractivity contribution in [1.82, 2.24) is 0 Å². The first kappa shape index (κ1) is 56.6. The Morgan fingerprint density at radius 1 is 0.533 bits per heavy atom. The molecule has 6 unspecified atom stereocenters. The van der Waals surface area contributed by atoms with Crippen LogP contribution in [0, 0.1) is 0 Å². The molecule has 1 aliphatic carbocycles. The molecule has 1 fully saturated rings. The maximum absolute atomic E-state index is 12.8. The molecular weight excluding hydrogens is 787 g/mol. The van der Waals surface area contributed by atoms with Crippen LogP contribution in [0.1, 0.15) is 194 Å².